The minimum absolute atomic E-state index is 0. The molecule has 28 heavy (non-hydrogen) atoms. The predicted octanol–water partition coefficient (Wildman–Crippen LogP) is 3.54. The van der Waals surface area contributed by atoms with Gasteiger partial charge in [-0.2, -0.15) is 0 Å². The number of hydrogen-bond acceptors (Lipinski definition) is 3. The number of likely N-dealkylation sites (N-methyl/N-ethyl adjacent to an activating group) is 1. The second-order valence-electron chi connectivity index (χ2n) is 8.28. The number of guanidine groups is 1. The molecule has 0 spiro atoms. The van der Waals surface area contributed by atoms with Crippen molar-refractivity contribution in [2.24, 2.45) is 10.9 Å². The monoisotopic (exact) mass is 508 g/mol. The molecule has 1 aliphatic carbocycles. The highest BCUT2D eigenvalue weighted by molar-refractivity contribution is 14.0. The van der Waals surface area contributed by atoms with Gasteiger partial charge in [-0.1, -0.05) is 46.0 Å². The molecule has 0 bridgehead atoms. The summed E-state index contributed by atoms with van der Waals surface area (Å²) in [7, 11) is 3.55. The third-order valence-corrected chi connectivity index (χ3v) is 6.05. The molecule has 1 amide bonds. The lowest BCUT2D eigenvalue weighted by Gasteiger charge is -2.35. The Hall–Kier alpha value is -0.570. The first-order chi connectivity index (χ1) is 13.0. The summed E-state index contributed by atoms with van der Waals surface area (Å²) >= 11 is 0. The van der Waals surface area contributed by atoms with Gasteiger partial charge in [-0.05, 0) is 31.6 Å². The lowest BCUT2D eigenvalue weighted by Crippen LogP contribution is -2.51. The smallest absolute Gasteiger partial charge is 0.243 e. The number of aliphatic imine (C=N–C) groups is 1. The van der Waals surface area contributed by atoms with Crippen LogP contribution in [0.15, 0.2) is 4.99 Å². The van der Waals surface area contributed by atoms with Crippen LogP contribution in [0.1, 0.15) is 71.6 Å². The standard InChI is InChI=1S/C21H40N4O2.HI/c1-5-16(6-2)19-14-18(12-13-27-19)24-21(22-15-20(26)25(3)4)23-17-10-8-7-9-11-17;/h16-19H,5-15H2,1-4H3,(H2,22,23,24);1H. The highest BCUT2D eigenvalue weighted by Gasteiger charge is 2.28. The molecule has 0 radical (unpaired) electrons. The summed E-state index contributed by atoms with van der Waals surface area (Å²) in [5.74, 6) is 1.45. The van der Waals surface area contributed by atoms with E-state index >= 15 is 0 Å². The van der Waals surface area contributed by atoms with Gasteiger partial charge in [0.2, 0.25) is 5.91 Å². The minimum atomic E-state index is 0. The average molecular weight is 508 g/mol. The second kappa shape index (κ2) is 13.6. The van der Waals surface area contributed by atoms with Crippen molar-refractivity contribution >= 4 is 35.8 Å². The summed E-state index contributed by atoms with van der Waals surface area (Å²) < 4.78 is 6.05. The van der Waals surface area contributed by atoms with Gasteiger partial charge in [0.25, 0.3) is 0 Å². The summed E-state index contributed by atoms with van der Waals surface area (Å²) in [6.45, 7) is 5.48. The molecule has 1 aliphatic heterocycles. The zero-order chi connectivity index (χ0) is 19.6. The van der Waals surface area contributed by atoms with E-state index in [1.165, 1.54) is 32.1 Å². The van der Waals surface area contributed by atoms with Crippen molar-refractivity contribution in [2.75, 3.05) is 27.2 Å². The molecule has 2 N–H and O–H groups in total. The number of ether oxygens (including phenoxy) is 1. The van der Waals surface area contributed by atoms with Gasteiger partial charge in [0.15, 0.2) is 5.96 Å². The van der Waals surface area contributed by atoms with Crippen molar-refractivity contribution in [1.29, 1.82) is 0 Å². The van der Waals surface area contributed by atoms with Gasteiger partial charge in [0.05, 0.1) is 6.10 Å². The molecule has 2 aliphatic rings. The molecule has 2 atom stereocenters. The van der Waals surface area contributed by atoms with Crippen LogP contribution < -0.4 is 10.6 Å². The average Bonchev–Trinajstić information content (AvgIpc) is 2.68. The molecule has 2 fully saturated rings. The van der Waals surface area contributed by atoms with E-state index in [0.717, 1.165) is 38.2 Å². The summed E-state index contributed by atoms with van der Waals surface area (Å²) in [4.78, 5) is 18.2. The fraction of sp³-hybridized carbons (Fsp3) is 0.905. The quantitative estimate of drug-likeness (QED) is 0.314. The summed E-state index contributed by atoms with van der Waals surface area (Å²) in [5, 5.41) is 7.22. The molecule has 0 aromatic heterocycles. The predicted molar refractivity (Wildman–Crippen MR) is 126 cm³/mol. The number of halogens is 1. The van der Waals surface area contributed by atoms with Crippen LogP contribution in [-0.4, -0.2) is 62.2 Å². The molecular formula is C21H41IN4O2. The Morgan fingerprint density at radius 1 is 1.07 bits per heavy atom. The van der Waals surface area contributed by atoms with Crippen LogP contribution in [0.5, 0.6) is 0 Å². The van der Waals surface area contributed by atoms with Crippen LogP contribution in [0.3, 0.4) is 0 Å². The van der Waals surface area contributed by atoms with E-state index in [4.69, 9.17) is 4.74 Å². The number of amides is 1. The Kier molecular flexibility index (Phi) is 12.4. The lowest BCUT2D eigenvalue weighted by atomic mass is 9.89. The molecule has 6 nitrogen and oxygen atoms in total. The first-order valence-corrected chi connectivity index (χ1v) is 10.9. The first kappa shape index (κ1) is 25.5. The number of nitrogens with zero attached hydrogens (tertiary/aromatic N) is 2. The molecule has 164 valence electrons. The van der Waals surface area contributed by atoms with Crippen LogP contribution in [0, 0.1) is 5.92 Å². The molecular weight excluding hydrogens is 467 g/mol. The molecule has 7 heteroatoms. The normalized spacial score (nSPS) is 23.8. The van der Waals surface area contributed by atoms with E-state index in [2.05, 4.69) is 29.5 Å². The molecule has 2 unspecified atom stereocenters. The molecule has 1 heterocycles. The van der Waals surface area contributed by atoms with Crippen molar-refractivity contribution in [2.45, 2.75) is 89.8 Å². The van der Waals surface area contributed by atoms with E-state index in [0.29, 0.717) is 24.1 Å². The van der Waals surface area contributed by atoms with Gasteiger partial charge < -0.3 is 20.3 Å². The van der Waals surface area contributed by atoms with Gasteiger partial charge in [-0.25, -0.2) is 4.99 Å². The third-order valence-electron chi connectivity index (χ3n) is 6.05. The van der Waals surface area contributed by atoms with Gasteiger partial charge >= 0.3 is 0 Å². The van der Waals surface area contributed by atoms with E-state index in [1.807, 2.05) is 0 Å². The zero-order valence-electron chi connectivity index (χ0n) is 18.2. The van der Waals surface area contributed by atoms with Crippen LogP contribution >= 0.6 is 24.0 Å². The highest BCUT2D eigenvalue weighted by Crippen LogP contribution is 2.25. The molecule has 0 aromatic carbocycles. The Balaban J connectivity index is 0.00000392. The van der Waals surface area contributed by atoms with Gasteiger partial charge in [0, 0.05) is 32.8 Å². The van der Waals surface area contributed by atoms with Gasteiger partial charge in [0.1, 0.15) is 6.54 Å². The topological polar surface area (TPSA) is 66.0 Å². The maximum absolute atomic E-state index is 12.0. The fourth-order valence-corrected chi connectivity index (χ4v) is 4.16. The van der Waals surface area contributed by atoms with Crippen LogP contribution in [0.2, 0.25) is 0 Å². The Bertz CT molecular complexity index is 477. The number of hydrogen-bond donors (Lipinski definition) is 2. The Labute approximate surface area is 188 Å². The van der Waals surface area contributed by atoms with E-state index in [9.17, 15) is 4.79 Å². The van der Waals surface area contributed by atoms with Crippen molar-refractivity contribution < 1.29 is 9.53 Å². The molecule has 1 saturated carbocycles. The number of carbonyl (C=O) groups excluding carboxylic acids is 1. The maximum atomic E-state index is 12.0. The van der Waals surface area contributed by atoms with Crippen LogP contribution in [-0.2, 0) is 9.53 Å². The highest BCUT2D eigenvalue weighted by atomic mass is 127. The van der Waals surface area contributed by atoms with Crippen molar-refractivity contribution in [3.05, 3.63) is 0 Å². The van der Waals surface area contributed by atoms with Crippen LogP contribution in [0.25, 0.3) is 0 Å². The summed E-state index contributed by atoms with van der Waals surface area (Å²) in [6.07, 6.45) is 10.9. The molecule has 2 rings (SSSR count). The number of carbonyl (C=O) groups is 1. The lowest BCUT2D eigenvalue weighted by molar-refractivity contribution is -0.127. The van der Waals surface area contributed by atoms with Gasteiger partial charge in [-0.3, -0.25) is 4.79 Å². The van der Waals surface area contributed by atoms with Crippen molar-refractivity contribution in [3.8, 4) is 0 Å². The van der Waals surface area contributed by atoms with Crippen molar-refractivity contribution in [1.82, 2.24) is 15.5 Å². The number of rotatable bonds is 7. The van der Waals surface area contributed by atoms with E-state index < -0.39 is 0 Å². The van der Waals surface area contributed by atoms with Crippen LogP contribution in [0.4, 0.5) is 0 Å². The minimum Gasteiger partial charge on any atom is -0.378 e. The number of nitrogens with one attached hydrogen (secondary N) is 2. The molecule has 0 aromatic rings. The molecule has 1 saturated heterocycles. The van der Waals surface area contributed by atoms with E-state index in [1.54, 1.807) is 19.0 Å². The summed E-state index contributed by atoms with van der Waals surface area (Å²) in [6, 6.07) is 0.822. The maximum Gasteiger partial charge on any atom is 0.243 e. The third kappa shape index (κ3) is 8.43. The van der Waals surface area contributed by atoms with E-state index in [-0.39, 0.29) is 36.4 Å². The SMILES string of the molecule is CCC(CC)C1CC(NC(=NCC(=O)N(C)C)NC2CCCCC2)CCO1.I. The zero-order valence-corrected chi connectivity index (χ0v) is 20.5. The summed E-state index contributed by atoms with van der Waals surface area (Å²) in [5.41, 5.74) is 0. The van der Waals surface area contributed by atoms with Crippen molar-refractivity contribution in [3.63, 3.8) is 0 Å². The Morgan fingerprint density at radius 2 is 1.71 bits per heavy atom. The van der Waals surface area contributed by atoms with Gasteiger partial charge in [-0.15, -0.1) is 24.0 Å². The largest absolute Gasteiger partial charge is 0.378 e. The fourth-order valence-electron chi connectivity index (χ4n) is 4.16. The first-order valence-electron chi connectivity index (χ1n) is 10.9. The Morgan fingerprint density at radius 3 is 2.32 bits per heavy atom. The second-order valence-corrected chi connectivity index (χ2v) is 8.28.